The zero-order valence-corrected chi connectivity index (χ0v) is 13.0. The highest BCUT2D eigenvalue weighted by Gasteiger charge is 2.52. The number of hydrogen-bond acceptors (Lipinski definition) is 4. The van der Waals surface area contributed by atoms with Crippen LogP contribution in [0.4, 0.5) is 4.79 Å². The van der Waals surface area contributed by atoms with Gasteiger partial charge in [0.15, 0.2) is 0 Å². The van der Waals surface area contributed by atoms with Gasteiger partial charge in [0, 0.05) is 6.20 Å². The second-order valence-corrected chi connectivity index (χ2v) is 5.35. The van der Waals surface area contributed by atoms with Gasteiger partial charge in [0.25, 0.3) is 11.8 Å². The lowest BCUT2D eigenvalue weighted by Gasteiger charge is -2.25. The van der Waals surface area contributed by atoms with Crippen LogP contribution in [0.3, 0.4) is 0 Å². The van der Waals surface area contributed by atoms with E-state index in [0.29, 0.717) is 17.0 Å². The predicted molar refractivity (Wildman–Crippen MR) is 85.5 cm³/mol. The summed E-state index contributed by atoms with van der Waals surface area (Å²) in [5.74, 6) is -1.15. The SMILES string of the molecule is CC[C@]1(c2ccccc2)NC(=O)N(NC(=O)c2ccccn2)C1=O. The van der Waals surface area contributed by atoms with Gasteiger partial charge in [0.2, 0.25) is 0 Å². The van der Waals surface area contributed by atoms with Gasteiger partial charge in [-0.2, -0.15) is 5.01 Å². The van der Waals surface area contributed by atoms with Crippen LogP contribution in [0.1, 0.15) is 29.4 Å². The summed E-state index contributed by atoms with van der Waals surface area (Å²) in [6.07, 6.45) is 1.82. The van der Waals surface area contributed by atoms with E-state index in [-0.39, 0.29) is 5.69 Å². The highest BCUT2D eigenvalue weighted by molar-refractivity contribution is 6.09. The first-order chi connectivity index (χ1) is 11.6. The van der Waals surface area contributed by atoms with Crippen LogP contribution in [0.2, 0.25) is 0 Å². The molecule has 2 aromatic rings. The molecule has 0 spiro atoms. The number of carbonyl (C=O) groups is 3. The van der Waals surface area contributed by atoms with Crippen molar-refractivity contribution in [2.24, 2.45) is 0 Å². The number of hydrogen-bond donors (Lipinski definition) is 2. The lowest BCUT2D eigenvalue weighted by molar-refractivity contribution is -0.133. The van der Waals surface area contributed by atoms with E-state index in [1.807, 2.05) is 6.07 Å². The Hall–Kier alpha value is -3.22. The summed E-state index contributed by atoms with van der Waals surface area (Å²) in [5.41, 5.74) is 1.92. The number of carbonyl (C=O) groups excluding carboxylic acids is 3. The monoisotopic (exact) mass is 324 g/mol. The van der Waals surface area contributed by atoms with Crippen molar-refractivity contribution in [1.82, 2.24) is 20.7 Å². The van der Waals surface area contributed by atoms with E-state index < -0.39 is 23.4 Å². The molecule has 1 aliphatic heterocycles. The minimum atomic E-state index is -1.18. The van der Waals surface area contributed by atoms with Crippen molar-refractivity contribution in [3.63, 3.8) is 0 Å². The van der Waals surface area contributed by atoms with E-state index in [2.05, 4.69) is 15.7 Å². The summed E-state index contributed by atoms with van der Waals surface area (Å²) < 4.78 is 0. The molecule has 24 heavy (non-hydrogen) atoms. The Balaban J connectivity index is 1.88. The maximum absolute atomic E-state index is 12.8. The third-order valence-electron chi connectivity index (χ3n) is 4.00. The van der Waals surface area contributed by atoms with Gasteiger partial charge in [-0.05, 0) is 24.1 Å². The highest BCUT2D eigenvalue weighted by atomic mass is 16.2. The molecule has 1 atom stereocenters. The molecule has 0 unspecified atom stereocenters. The van der Waals surface area contributed by atoms with Gasteiger partial charge >= 0.3 is 6.03 Å². The number of urea groups is 1. The lowest BCUT2D eigenvalue weighted by atomic mass is 9.87. The topological polar surface area (TPSA) is 91.4 Å². The van der Waals surface area contributed by atoms with Crippen molar-refractivity contribution in [2.75, 3.05) is 0 Å². The van der Waals surface area contributed by atoms with Crippen LogP contribution in [0.25, 0.3) is 0 Å². The summed E-state index contributed by atoms with van der Waals surface area (Å²) in [6, 6.07) is 13.1. The Kier molecular flexibility index (Phi) is 3.99. The molecule has 122 valence electrons. The van der Waals surface area contributed by atoms with E-state index in [9.17, 15) is 14.4 Å². The van der Waals surface area contributed by atoms with Gasteiger partial charge in [-0.1, -0.05) is 43.3 Å². The third kappa shape index (κ3) is 2.50. The van der Waals surface area contributed by atoms with Crippen LogP contribution in [-0.4, -0.2) is 27.8 Å². The molecule has 4 amide bonds. The average Bonchev–Trinajstić information content (AvgIpc) is 2.88. The Morgan fingerprint density at radius 3 is 2.50 bits per heavy atom. The second kappa shape index (κ2) is 6.11. The van der Waals surface area contributed by atoms with E-state index >= 15 is 0 Å². The number of aromatic nitrogens is 1. The smallest absolute Gasteiger partial charge is 0.318 e. The summed E-state index contributed by atoms with van der Waals surface area (Å²) in [7, 11) is 0. The highest BCUT2D eigenvalue weighted by Crippen LogP contribution is 2.31. The molecule has 3 rings (SSSR count). The first kappa shape index (κ1) is 15.7. The summed E-state index contributed by atoms with van der Waals surface area (Å²) in [4.78, 5) is 41.2. The fourth-order valence-corrected chi connectivity index (χ4v) is 2.69. The van der Waals surface area contributed by atoms with Crippen LogP contribution in [0, 0.1) is 0 Å². The zero-order valence-electron chi connectivity index (χ0n) is 13.0. The minimum Gasteiger partial charge on any atom is -0.318 e. The molecule has 1 fully saturated rings. The Labute approximate surface area is 138 Å². The van der Waals surface area contributed by atoms with Crippen molar-refractivity contribution >= 4 is 17.8 Å². The van der Waals surface area contributed by atoms with E-state index in [4.69, 9.17) is 0 Å². The largest absolute Gasteiger partial charge is 0.344 e. The van der Waals surface area contributed by atoms with Gasteiger partial charge in [-0.15, -0.1) is 0 Å². The fourth-order valence-electron chi connectivity index (χ4n) is 2.69. The molecule has 7 heteroatoms. The van der Waals surface area contributed by atoms with Gasteiger partial charge < -0.3 is 5.32 Å². The van der Waals surface area contributed by atoms with Gasteiger partial charge in [-0.25, -0.2) is 4.79 Å². The molecule has 7 nitrogen and oxygen atoms in total. The second-order valence-electron chi connectivity index (χ2n) is 5.35. The maximum atomic E-state index is 12.8. The zero-order chi connectivity index (χ0) is 17.2. The molecule has 2 heterocycles. The molecule has 2 N–H and O–H groups in total. The Morgan fingerprint density at radius 2 is 1.88 bits per heavy atom. The van der Waals surface area contributed by atoms with Crippen LogP contribution < -0.4 is 10.7 Å². The van der Waals surface area contributed by atoms with Crippen LogP contribution >= 0.6 is 0 Å². The van der Waals surface area contributed by atoms with E-state index in [1.54, 1.807) is 43.3 Å². The molecular weight excluding hydrogens is 308 g/mol. The number of amides is 4. The van der Waals surface area contributed by atoms with E-state index in [1.165, 1.54) is 12.3 Å². The third-order valence-corrected chi connectivity index (χ3v) is 4.00. The van der Waals surface area contributed by atoms with Crippen molar-refractivity contribution < 1.29 is 14.4 Å². The maximum Gasteiger partial charge on any atom is 0.344 e. The summed E-state index contributed by atoms with van der Waals surface area (Å²) in [5, 5.41) is 3.41. The quantitative estimate of drug-likeness (QED) is 0.835. The molecule has 0 saturated carbocycles. The van der Waals surface area contributed by atoms with Crippen LogP contribution in [0.5, 0.6) is 0 Å². The lowest BCUT2D eigenvalue weighted by Crippen LogP contribution is -2.48. The van der Waals surface area contributed by atoms with Crippen LogP contribution in [0.15, 0.2) is 54.7 Å². The van der Waals surface area contributed by atoms with Crippen LogP contribution in [-0.2, 0) is 10.3 Å². The average molecular weight is 324 g/mol. The fraction of sp³-hybridized carbons (Fsp3) is 0.176. The standard InChI is InChI=1S/C17H16N4O3/c1-2-17(12-8-4-3-5-9-12)15(23)21(16(24)19-17)20-14(22)13-10-6-7-11-18-13/h3-11H,2H2,1H3,(H,19,24)(H,20,22)/t17-/m1/s1. The molecule has 0 aliphatic carbocycles. The number of pyridine rings is 1. The van der Waals surface area contributed by atoms with Crippen molar-refractivity contribution in [2.45, 2.75) is 18.9 Å². The molecule has 1 aromatic heterocycles. The number of nitrogens with zero attached hydrogens (tertiary/aromatic N) is 2. The normalized spacial score (nSPS) is 20.0. The number of rotatable bonds is 4. The molecule has 0 bridgehead atoms. The Bertz CT molecular complexity index is 779. The molecular formula is C17H16N4O3. The molecule has 1 aliphatic rings. The molecule has 1 aromatic carbocycles. The number of nitrogens with one attached hydrogen (secondary N) is 2. The van der Waals surface area contributed by atoms with Gasteiger partial charge in [0.1, 0.15) is 11.2 Å². The number of hydrazine groups is 1. The van der Waals surface area contributed by atoms with Crippen molar-refractivity contribution in [1.29, 1.82) is 0 Å². The summed E-state index contributed by atoms with van der Waals surface area (Å²) >= 11 is 0. The van der Waals surface area contributed by atoms with E-state index in [0.717, 1.165) is 0 Å². The predicted octanol–water partition coefficient (Wildman–Crippen LogP) is 1.58. The first-order valence-corrected chi connectivity index (χ1v) is 7.53. The van der Waals surface area contributed by atoms with Gasteiger partial charge in [-0.3, -0.25) is 20.0 Å². The molecule has 1 saturated heterocycles. The van der Waals surface area contributed by atoms with Crippen molar-refractivity contribution in [3.8, 4) is 0 Å². The first-order valence-electron chi connectivity index (χ1n) is 7.53. The minimum absolute atomic E-state index is 0.117. The summed E-state index contributed by atoms with van der Waals surface area (Å²) in [6.45, 7) is 1.80. The Morgan fingerprint density at radius 1 is 1.17 bits per heavy atom. The number of imide groups is 1. The van der Waals surface area contributed by atoms with Crippen molar-refractivity contribution in [3.05, 3.63) is 66.0 Å². The van der Waals surface area contributed by atoms with Gasteiger partial charge in [0.05, 0.1) is 0 Å². The molecule has 0 radical (unpaired) electrons. The number of benzene rings is 1.